The van der Waals surface area contributed by atoms with Crippen LogP contribution in [0, 0.1) is 20.8 Å². The molecule has 12 heteroatoms. The Hall–Kier alpha value is -4.03. The first kappa shape index (κ1) is 27.6. The molecule has 2 aromatic carbocycles. The minimum absolute atomic E-state index is 0.0178. The maximum atomic E-state index is 12.9. The summed E-state index contributed by atoms with van der Waals surface area (Å²) in [6, 6.07) is 9.81. The van der Waals surface area contributed by atoms with Gasteiger partial charge in [-0.3, -0.25) is 19.4 Å². The number of aromatic nitrogens is 2. The summed E-state index contributed by atoms with van der Waals surface area (Å²) >= 11 is 0. The van der Waals surface area contributed by atoms with Gasteiger partial charge in [0.1, 0.15) is 6.04 Å². The van der Waals surface area contributed by atoms with E-state index in [1.165, 1.54) is 6.07 Å². The first-order valence-electron chi connectivity index (χ1n) is 11.4. The van der Waals surface area contributed by atoms with Crippen LogP contribution in [-0.4, -0.2) is 48.0 Å². The quantitative estimate of drug-likeness (QED) is 0.260. The number of nitrogens with zero attached hydrogens (tertiary/aromatic N) is 1. The lowest BCUT2D eigenvalue weighted by Gasteiger charge is -2.18. The Morgan fingerprint density at radius 3 is 2.24 bits per heavy atom. The molecule has 0 bridgehead atoms. The molecular weight excluding hydrogens is 498 g/mol. The van der Waals surface area contributed by atoms with E-state index in [1.54, 1.807) is 50.2 Å². The van der Waals surface area contributed by atoms with Gasteiger partial charge in [0.15, 0.2) is 0 Å². The van der Waals surface area contributed by atoms with Crippen LogP contribution in [-0.2, 0) is 27.7 Å². The van der Waals surface area contributed by atoms with E-state index < -0.39 is 34.5 Å². The molecule has 6 N–H and O–H groups in total. The second-order valence-corrected chi connectivity index (χ2v) is 10.4. The van der Waals surface area contributed by atoms with Crippen molar-refractivity contribution in [3.63, 3.8) is 0 Å². The summed E-state index contributed by atoms with van der Waals surface area (Å²) in [5, 5.41) is 12.0. The number of aliphatic carboxylic acids is 1. The number of carbonyl (C=O) groups is 2. The number of anilines is 1. The number of benzene rings is 2. The van der Waals surface area contributed by atoms with Gasteiger partial charge in [-0.05, 0) is 62.4 Å². The molecule has 0 fully saturated rings. The van der Waals surface area contributed by atoms with Crippen molar-refractivity contribution in [2.45, 2.75) is 44.6 Å². The Morgan fingerprint density at radius 2 is 1.68 bits per heavy atom. The van der Waals surface area contributed by atoms with Gasteiger partial charge in [-0.1, -0.05) is 29.8 Å². The summed E-state index contributed by atoms with van der Waals surface area (Å²) < 4.78 is 28.1. The number of carboxylic acids is 1. The highest BCUT2D eigenvalue weighted by molar-refractivity contribution is 7.89. The summed E-state index contributed by atoms with van der Waals surface area (Å²) in [6.45, 7) is 4.67. The molecule has 0 aliphatic rings. The Bertz CT molecular complexity index is 1460. The average molecular weight is 528 g/mol. The van der Waals surface area contributed by atoms with Gasteiger partial charge in [-0.25, -0.2) is 13.4 Å². The largest absolute Gasteiger partial charge is 0.480 e. The number of hydrogen-bond donors (Lipinski definition) is 5. The Labute approximate surface area is 214 Å². The van der Waals surface area contributed by atoms with Crippen molar-refractivity contribution < 1.29 is 23.1 Å². The van der Waals surface area contributed by atoms with Crippen molar-refractivity contribution in [1.82, 2.24) is 20.0 Å². The molecule has 1 unspecified atom stereocenters. The maximum Gasteiger partial charge on any atom is 0.323 e. The first-order valence-corrected chi connectivity index (χ1v) is 12.9. The van der Waals surface area contributed by atoms with E-state index in [-0.39, 0.29) is 22.0 Å². The van der Waals surface area contributed by atoms with Crippen LogP contribution >= 0.6 is 0 Å². The van der Waals surface area contributed by atoms with E-state index in [1.807, 2.05) is 6.92 Å². The molecule has 1 heterocycles. The monoisotopic (exact) mass is 527 g/mol. The molecule has 0 radical (unpaired) electrons. The lowest BCUT2D eigenvalue weighted by molar-refractivity contribution is -0.138. The molecule has 1 amide bonds. The summed E-state index contributed by atoms with van der Waals surface area (Å²) in [4.78, 5) is 42.3. The molecule has 0 saturated carbocycles. The van der Waals surface area contributed by atoms with Crippen LogP contribution < -0.4 is 21.3 Å². The van der Waals surface area contributed by atoms with E-state index in [9.17, 15) is 27.9 Å². The first-order chi connectivity index (χ1) is 17.4. The molecule has 0 spiro atoms. The molecular formula is C25H29N5O6S. The second kappa shape index (κ2) is 11.4. The Kier molecular flexibility index (Phi) is 8.46. The molecule has 3 rings (SSSR count). The minimum atomic E-state index is -4.15. The predicted molar refractivity (Wildman–Crippen MR) is 138 cm³/mol. The molecule has 3 aromatic rings. The van der Waals surface area contributed by atoms with Crippen molar-refractivity contribution in [2.75, 3.05) is 12.3 Å². The highest BCUT2D eigenvalue weighted by Gasteiger charge is 2.28. The zero-order valence-corrected chi connectivity index (χ0v) is 21.5. The van der Waals surface area contributed by atoms with E-state index in [4.69, 9.17) is 5.73 Å². The third-order valence-corrected chi connectivity index (χ3v) is 7.41. The summed E-state index contributed by atoms with van der Waals surface area (Å²) in [5.41, 5.74) is 8.80. The normalized spacial score (nSPS) is 12.2. The second-order valence-electron chi connectivity index (χ2n) is 8.77. The van der Waals surface area contributed by atoms with Crippen LogP contribution in [0.5, 0.6) is 0 Å². The van der Waals surface area contributed by atoms with Crippen LogP contribution in [0.2, 0.25) is 0 Å². The molecule has 0 aliphatic heterocycles. The number of aromatic amines is 1. The summed E-state index contributed by atoms with van der Waals surface area (Å²) in [7, 11) is -4.15. The van der Waals surface area contributed by atoms with Crippen molar-refractivity contribution >= 4 is 27.8 Å². The third-order valence-electron chi connectivity index (χ3n) is 5.63. The molecule has 11 nitrogen and oxygen atoms in total. The zero-order valence-electron chi connectivity index (χ0n) is 20.7. The van der Waals surface area contributed by atoms with Crippen molar-refractivity contribution in [3.8, 4) is 0 Å². The predicted octanol–water partition coefficient (Wildman–Crippen LogP) is 1.22. The van der Waals surface area contributed by atoms with Gasteiger partial charge < -0.3 is 16.2 Å². The highest BCUT2D eigenvalue weighted by Crippen LogP contribution is 2.22. The van der Waals surface area contributed by atoms with Gasteiger partial charge in [-0.15, -0.1) is 0 Å². The van der Waals surface area contributed by atoms with Crippen molar-refractivity contribution in [2.24, 2.45) is 0 Å². The van der Waals surface area contributed by atoms with E-state index in [2.05, 4.69) is 20.0 Å². The minimum Gasteiger partial charge on any atom is -0.480 e. The number of carboxylic acid groups (broad SMARTS) is 1. The number of nitrogens with two attached hydrogens (primary N) is 1. The van der Waals surface area contributed by atoms with Gasteiger partial charge in [-0.2, -0.15) is 4.72 Å². The number of amides is 1. The molecule has 0 saturated heterocycles. The highest BCUT2D eigenvalue weighted by atomic mass is 32.2. The fourth-order valence-corrected chi connectivity index (χ4v) is 5.71. The molecule has 196 valence electrons. The number of sulfonamides is 1. The average Bonchev–Trinajstić information content (AvgIpc) is 2.79. The number of nitrogen functional groups attached to an aromatic ring is 1. The lowest BCUT2D eigenvalue weighted by atomic mass is 10.1. The third kappa shape index (κ3) is 7.24. The lowest BCUT2D eigenvalue weighted by Crippen LogP contribution is -2.48. The maximum absolute atomic E-state index is 12.9. The molecule has 37 heavy (non-hydrogen) atoms. The zero-order chi connectivity index (χ0) is 27.3. The van der Waals surface area contributed by atoms with E-state index >= 15 is 0 Å². The Balaban J connectivity index is 1.62. The fourth-order valence-electron chi connectivity index (χ4n) is 4.06. The fraction of sp³-hybridized carbons (Fsp3) is 0.280. The van der Waals surface area contributed by atoms with Crippen LogP contribution in [0.15, 0.2) is 52.2 Å². The van der Waals surface area contributed by atoms with Gasteiger partial charge in [0.05, 0.1) is 10.6 Å². The van der Waals surface area contributed by atoms with Crippen molar-refractivity contribution in [3.05, 3.63) is 86.3 Å². The Morgan fingerprint density at radius 1 is 1.05 bits per heavy atom. The summed E-state index contributed by atoms with van der Waals surface area (Å²) in [5.74, 6) is -1.93. The van der Waals surface area contributed by atoms with E-state index in [0.29, 0.717) is 29.7 Å². The number of hydrogen-bond acceptors (Lipinski definition) is 7. The van der Waals surface area contributed by atoms with Gasteiger partial charge in [0.25, 0.3) is 11.5 Å². The number of nitrogens with one attached hydrogen (secondary N) is 3. The number of carbonyl (C=O) groups excluding carboxylic acids is 1. The van der Waals surface area contributed by atoms with Crippen LogP contribution in [0.3, 0.4) is 0 Å². The topological polar surface area (TPSA) is 184 Å². The van der Waals surface area contributed by atoms with Crippen LogP contribution in [0.25, 0.3) is 0 Å². The molecule has 0 aliphatic carbocycles. The number of rotatable bonds is 10. The van der Waals surface area contributed by atoms with Gasteiger partial charge in [0, 0.05) is 18.2 Å². The number of aryl methyl sites for hydroxylation is 5. The smallest absolute Gasteiger partial charge is 0.323 e. The standard InChI is InChI=1S/C25H29N5O6S/c1-14-10-15(2)22(16(3)11-14)37(35,36)30-20(24(33)34)13-27-23(32)18-7-4-17(5-8-18)6-9-19-12-21(31)29-25(26)28-19/h4-5,7-8,10-12,20,30H,6,9,13H2,1-3H3,(H,27,32)(H,33,34)(H3,26,28,29,31). The molecule has 1 aromatic heterocycles. The van der Waals surface area contributed by atoms with Gasteiger partial charge >= 0.3 is 5.97 Å². The van der Waals surface area contributed by atoms with Crippen LogP contribution in [0.1, 0.15) is 38.3 Å². The van der Waals surface area contributed by atoms with Crippen LogP contribution in [0.4, 0.5) is 5.95 Å². The SMILES string of the molecule is Cc1cc(C)c(S(=O)(=O)NC(CNC(=O)c2ccc(CCc3cc(=O)[nH]c(N)n3)cc2)C(=O)O)c(C)c1. The molecule has 1 atom stereocenters. The van der Waals surface area contributed by atoms with E-state index in [0.717, 1.165) is 11.1 Å². The number of H-pyrrole nitrogens is 1. The van der Waals surface area contributed by atoms with Gasteiger partial charge in [0.2, 0.25) is 16.0 Å². The summed E-state index contributed by atoms with van der Waals surface area (Å²) in [6.07, 6.45) is 1.03. The van der Waals surface area contributed by atoms with Crippen molar-refractivity contribution in [1.29, 1.82) is 0 Å².